The van der Waals surface area contributed by atoms with Crippen molar-refractivity contribution < 1.29 is 12.8 Å². The molecule has 3 aromatic rings. The Morgan fingerprint density at radius 2 is 1.86 bits per heavy atom. The van der Waals surface area contributed by atoms with Crippen molar-refractivity contribution in [1.82, 2.24) is 10.6 Å². The molecule has 2 aromatic carbocycles. The molecule has 0 unspecified atom stereocenters. The second-order valence-corrected chi connectivity index (χ2v) is 9.05. The first-order chi connectivity index (χ1) is 13.8. The molecule has 2 N–H and O–H groups in total. The van der Waals surface area contributed by atoms with Gasteiger partial charge in [-0.25, -0.2) is 13.4 Å². The molecule has 154 valence electrons. The largest absolute Gasteiger partial charge is 0.459 e. The summed E-state index contributed by atoms with van der Waals surface area (Å²) < 4.78 is 29.5. The molecule has 0 aliphatic carbocycles. The summed E-state index contributed by atoms with van der Waals surface area (Å²) >= 11 is 0. The zero-order valence-corrected chi connectivity index (χ0v) is 18.1. The summed E-state index contributed by atoms with van der Waals surface area (Å²) in [6.07, 6.45) is 1.22. The van der Waals surface area contributed by atoms with Crippen molar-refractivity contribution in [2.45, 2.75) is 38.8 Å². The lowest BCUT2D eigenvalue weighted by Crippen LogP contribution is -2.36. The van der Waals surface area contributed by atoms with Gasteiger partial charge in [0, 0.05) is 23.8 Å². The summed E-state index contributed by atoms with van der Waals surface area (Å²) in [7, 11) is -3.22. The van der Waals surface area contributed by atoms with Crippen molar-refractivity contribution >= 4 is 26.8 Å². The van der Waals surface area contributed by atoms with E-state index in [1.165, 1.54) is 6.26 Å². The average molecular weight is 414 g/mol. The standard InChI is InChI=1S/C22H27N3O3S/c1-5-23-22(24-13-17-10-11-21(15(2)12-17)29(4,26)27)25-14-20-16(3)18-8-6-7-9-19(18)28-20/h6-12H,5,13-14H2,1-4H3,(H2,23,24,25). The third-order valence-corrected chi connectivity index (χ3v) is 6.02. The number of nitrogens with zero attached hydrogens (tertiary/aromatic N) is 1. The Bertz CT molecular complexity index is 1150. The first-order valence-electron chi connectivity index (χ1n) is 9.58. The van der Waals surface area contributed by atoms with Crippen LogP contribution in [0.4, 0.5) is 0 Å². The lowest BCUT2D eigenvalue weighted by Gasteiger charge is -2.11. The van der Waals surface area contributed by atoms with Crippen LogP contribution in [0.2, 0.25) is 0 Å². The third kappa shape index (κ3) is 4.98. The molecule has 3 rings (SSSR count). The number of rotatable bonds is 6. The summed E-state index contributed by atoms with van der Waals surface area (Å²) in [5, 5.41) is 7.65. The summed E-state index contributed by atoms with van der Waals surface area (Å²) in [5.41, 5.74) is 3.68. The Morgan fingerprint density at radius 3 is 2.52 bits per heavy atom. The molecule has 1 aromatic heterocycles. The van der Waals surface area contributed by atoms with Gasteiger partial charge in [0.2, 0.25) is 0 Å². The van der Waals surface area contributed by atoms with E-state index >= 15 is 0 Å². The van der Waals surface area contributed by atoms with Crippen molar-refractivity contribution in [1.29, 1.82) is 0 Å². The first-order valence-corrected chi connectivity index (χ1v) is 11.5. The third-order valence-electron chi connectivity index (χ3n) is 4.76. The van der Waals surface area contributed by atoms with Gasteiger partial charge >= 0.3 is 0 Å². The van der Waals surface area contributed by atoms with E-state index in [0.717, 1.165) is 40.0 Å². The van der Waals surface area contributed by atoms with Crippen LogP contribution in [-0.2, 0) is 22.9 Å². The molecule has 0 saturated carbocycles. The van der Waals surface area contributed by atoms with Gasteiger partial charge < -0.3 is 15.1 Å². The molecular weight excluding hydrogens is 386 g/mol. The Kier molecular flexibility index (Phi) is 6.27. The summed E-state index contributed by atoms with van der Waals surface area (Å²) in [5.74, 6) is 1.56. The molecular formula is C22H27N3O3S. The summed E-state index contributed by atoms with van der Waals surface area (Å²) in [6, 6.07) is 13.3. The minimum absolute atomic E-state index is 0.357. The Balaban J connectivity index is 1.73. The molecule has 0 bridgehead atoms. The van der Waals surface area contributed by atoms with Gasteiger partial charge in [-0.2, -0.15) is 0 Å². The number of aryl methyl sites for hydroxylation is 2. The average Bonchev–Trinajstić information content (AvgIpc) is 2.99. The Labute approximate surface area is 172 Å². The highest BCUT2D eigenvalue weighted by Gasteiger charge is 2.12. The van der Waals surface area contributed by atoms with E-state index < -0.39 is 9.84 Å². The maximum atomic E-state index is 11.8. The van der Waals surface area contributed by atoms with Crippen LogP contribution in [0.5, 0.6) is 0 Å². The fourth-order valence-corrected chi connectivity index (χ4v) is 4.25. The summed E-state index contributed by atoms with van der Waals surface area (Å²) in [4.78, 5) is 4.98. The number of aliphatic imine (C=N–C) groups is 1. The van der Waals surface area contributed by atoms with E-state index in [9.17, 15) is 8.42 Å². The van der Waals surface area contributed by atoms with Crippen molar-refractivity contribution in [2.24, 2.45) is 4.99 Å². The molecule has 0 amide bonds. The number of hydrogen-bond acceptors (Lipinski definition) is 4. The molecule has 0 fully saturated rings. The highest BCUT2D eigenvalue weighted by molar-refractivity contribution is 7.90. The maximum absolute atomic E-state index is 11.8. The first kappa shape index (κ1) is 20.9. The minimum atomic E-state index is -3.22. The number of guanidine groups is 1. The van der Waals surface area contributed by atoms with E-state index in [1.807, 2.05) is 31.2 Å². The number of benzene rings is 2. The highest BCUT2D eigenvalue weighted by Crippen LogP contribution is 2.24. The predicted molar refractivity (Wildman–Crippen MR) is 117 cm³/mol. The van der Waals surface area contributed by atoms with Gasteiger partial charge in [-0.15, -0.1) is 0 Å². The smallest absolute Gasteiger partial charge is 0.191 e. The lowest BCUT2D eigenvalue weighted by atomic mass is 10.1. The SMILES string of the molecule is CCNC(=NCc1ccc(S(C)(=O)=O)c(C)c1)NCc1oc2ccccc2c1C. The topological polar surface area (TPSA) is 83.7 Å². The van der Waals surface area contributed by atoms with Crippen LogP contribution in [0.25, 0.3) is 11.0 Å². The van der Waals surface area contributed by atoms with Crippen LogP contribution in [0.1, 0.15) is 29.4 Å². The van der Waals surface area contributed by atoms with Gasteiger partial charge in [-0.1, -0.05) is 30.3 Å². The van der Waals surface area contributed by atoms with E-state index in [-0.39, 0.29) is 0 Å². The number of nitrogens with one attached hydrogen (secondary N) is 2. The predicted octanol–water partition coefficient (Wildman–Crippen LogP) is 3.71. The monoisotopic (exact) mass is 413 g/mol. The second kappa shape index (κ2) is 8.69. The number of furan rings is 1. The van der Waals surface area contributed by atoms with Crippen molar-refractivity contribution in [3.63, 3.8) is 0 Å². The lowest BCUT2D eigenvalue weighted by molar-refractivity contribution is 0.534. The van der Waals surface area contributed by atoms with Gasteiger partial charge in [-0.05, 0) is 44.0 Å². The van der Waals surface area contributed by atoms with Gasteiger partial charge in [-0.3, -0.25) is 0 Å². The molecule has 1 heterocycles. The number of hydrogen-bond donors (Lipinski definition) is 2. The number of sulfone groups is 1. The molecule has 0 atom stereocenters. The molecule has 0 saturated heterocycles. The Morgan fingerprint density at radius 1 is 1.10 bits per heavy atom. The van der Waals surface area contributed by atoms with E-state index in [2.05, 4.69) is 28.6 Å². The van der Waals surface area contributed by atoms with E-state index in [0.29, 0.717) is 23.9 Å². The maximum Gasteiger partial charge on any atom is 0.191 e. The van der Waals surface area contributed by atoms with Gasteiger partial charge in [0.15, 0.2) is 15.8 Å². The fraction of sp³-hybridized carbons (Fsp3) is 0.318. The molecule has 0 aliphatic heterocycles. The van der Waals surface area contributed by atoms with E-state index in [4.69, 9.17) is 4.42 Å². The normalized spacial score (nSPS) is 12.3. The van der Waals surface area contributed by atoms with Crippen LogP contribution in [-0.4, -0.2) is 27.2 Å². The van der Waals surface area contributed by atoms with Crippen LogP contribution in [0.3, 0.4) is 0 Å². The van der Waals surface area contributed by atoms with Crippen LogP contribution < -0.4 is 10.6 Å². The highest BCUT2D eigenvalue weighted by atomic mass is 32.2. The molecule has 0 radical (unpaired) electrons. The van der Waals surface area contributed by atoms with E-state index in [1.54, 1.807) is 19.1 Å². The zero-order valence-electron chi connectivity index (χ0n) is 17.2. The van der Waals surface area contributed by atoms with Crippen molar-refractivity contribution in [3.8, 4) is 0 Å². The summed E-state index contributed by atoms with van der Waals surface area (Å²) in [6.45, 7) is 7.57. The van der Waals surface area contributed by atoms with Gasteiger partial charge in [0.05, 0.1) is 18.0 Å². The number of fused-ring (bicyclic) bond motifs is 1. The van der Waals surface area contributed by atoms with Crippen LogP contribution in [0.15, 0.2) is 56.8 Å². The minimum Gasteiger partial charge on any atom is -0.459 e. The van der Waals surface area contributed by atoms with Crippen molar-refractivity contribution in [3.05, 3.63) is 64.9 Å². The van der Waals surface area contributed by atoms with Crippen molar-refractivity contribution in [2.75, 3.05) is 12.8 Å². The zero-order chi connectivity index (χ0) is 21.0. The molecule has 29 heavy (non-hydrogen) atoms. The number of para-hydroxylation sites is 1. The molecule has 0 spiro atoms. The fourth-order valence-electron chi connectivity index (χ4n) is 3.30. The van der Waals surface area contributed by atoms with Gasteiger partial charge in [0.25, 0.3) is 0 Å². The second-order valence-electron chi connectivity index (χ2n) is 7.07. The quantitative estimate of drug-likeness (QED) is 0.475. The molecule has 0 aliphatic rings. The van der Waals surface area contributed by atoms with Gasteiger partial charge in [0.1, 0.15) is 11.3 Å². The molecule has 6 nitrogen and oxygen atoms in total. The molecule has 7 heteroatoms. The van der Waals surface area contributed by atoms with Crippen LogP contribution in [0, 0.1) is 13.8 Å². The van der Waals surface area contributed by atoms with Crippen LogP contribution >= 0.6 is 0 Å². The Hall–Kier alpha value is -2.80.